The van der Waals surface area contributed by atoms with Gasteiger partial charge < -0.3 is 29.7 Å². The van der Waals surface area contributed by atoms with Crippen LogP contribution in [-0.4, -0.2) is 72.9 Å². The Morgan fingerprint density at radius 1 is 1.04 bits per heavy atom. The lowest BCUT2D eigenvalue weighted by Gasteiger charge is -2.41. The third-order valence-corrected chi connectivity index (χ3v) is 10.2. The summed E-state index contributed by atoms with van der Waals surface area (Å²) in [6.07, 6.45) is 4.90. The minimum Gasteiger partial charge on any atom is -0.493 e. The molecule has 2 aliphatic rings. The number of hydrogen-bond acceptors (Lipinski definition) is 7. The third-order valence-electron chi connectivity index (χ3n) is 10.2. The first-order chi connectivity index (χ1) is 23.7. The van der Waals surface area contributed by atoms with Crippen molar-refractivity contribution in [3.8, 4) is 16.9 Å². The Labute approximate surface area is 298 Å². The molecule has 0 bridgehead atoms. The van der Waals surface area contributed by atoms with Crippen LogP contribution in [0.5, 0.6) is 5.75 Å². The number of nitrogens with one attached hydrogen (secondary N) is 1. The molecule has 2 N–H and O–H groups in total. The van der Waals surface area contributed by atoms with Gasteiger partial charge in [0.1, 0.15) is 17.4 Å². The van der Waals surface area contributed by atoms with Crippen LogP contribution in [-0.2, 0) is 16.0 Å². The first-order valence-corrected chi connectivity index (χ1v) is 18.3. The van der Waals surface area contributed by atoms with Crippen molar-refractivity contribution in [3.05, 3.63) is 71.2 Å². The first kappa shape index (κ1) is 37.6. The zero-order valence-corrected chi connectivity index (χ0v) is 31.2. The molecule has 1 unspecified atom stereocenters. The van der Waals surface area contributed by atoms with E-state index in [1.807, 2.05) is 52.0 Å². The van der Waals surface area contributed by atoms with E-state index in [0.29, 0.717) is 30.2 Å². The van der Waals surface area contributed by atoms with E-state index in [1.54, 1.807) is 12.1 Å². The fraction of sp³-hybridized carbons (Fsp3) is 0.561. The molecule has 50 heavy (non-hydrogen) atoms. The summed E-state index contributed by atoms with van der Waals surface area (Å²) in [5.41, 5.74) is 4.52. The molecule has 1 aromatic heterocycles. The van der Waals surface area contributed by atoms with Gasteiger partial charge in [-0.25, -0.2) is 14.2 Å². The highest BCUT2D eigenvalue weighted by atomic mass is 19.1. The van der Waals surface area contributed by atoms with Crippen molar-refractivity contribution in [2.75, 3.05) is 56.6 Å². The van der Waals surface area contributed by atoms with E-state index in [1.165, 1.54) is 25.0 Å². The predicted molar refractivity (Wildman–Crippen MR) is 200 cm³/mol. The Balaban J connectivity index is 1.54. The van der Waals surface area contributed by atoms with Crippen LogP contribution in [0.15, 0.2) is 48.5 Å². The van der Waals surface area contributed by atoms with Crippen LogP contribution in [0.25, 0.3) is 11.1 Å². The van der Waals surface area contributed by atoms with E-state index in [2.05, 4.69) is 36.0 Å². The van der Waals surface area contributed by atoms with Crippen LogP contribution in [0.3, 0.4) is 0 Å². The van der Waals surface area contributed by atoms with Gasteiger partial charge in [-0.3, -0.25) is 0 Å². The molecule has 3 aromatic rings. The lowest BCUT2D eigenvalue weighted by Crippen LogP contribution is -2.39. The molecule has 0 saturated carbocycles. The summed E-state index contributed by atoms with van der Waals surface area (Å²) in [4.78, 5) is 22.9. The lowest BCUT2D eigenvalue weighted by atomic mass is 9.82. The number of aliphatic carboxylic acids is 1. The topological polar surface area (TPSA) is 87.2 Å². The van der Waals surface area contributed by atoms with Gasteiger partial charge in [0.15, 0.2) is 6.10 Å². The summed E-state index contributed by atoms with van der Waals surface area (Å²) in [6, 6.07) is 14.5. The Morgan fingerprint density at radius 2 is 1.68 bits per heavy atom. The second kappa shape index (κ2) is 16.1. The second-order valence-electron chi connectivity index (χ2n) is 16.0. The van der Waals surface area contributed by atoms with Gasteiger partial charge in [0.25, 0.3) is 0 Å². The number of piperidine rings is 2. The Bertz CT molecular complexity index is 1570. The molecular weight excluding hydrogens is 631 g/mol. The number of aryl methyl sites for hydroxylation is 1. The number of carboxylic acids is 1. The lowest BCUT2D eigenvalue weighted by molar-refractivity contribution is -0.160. The number of nitrogens with zero attached hydrogens (tertiary/aromatic N) is 3. The van der Waals surface area contributed by atoms with Crippen molar-refractivity contribution < 1.29 is 23.8 Å². The minimum absolute atomic E-state index is 0.203. The van der Waals surface area contributed by atoms with Crippen LogP contribution in [0, 0.1) is 24.1 Å². The Hall–Kier alpha value is -3.69. The summed E-state index contributed by atoms with van der Waals surface area (Å²) >= 11 is 0. The van der Waals surface area contributed by atoms with Gasteiger partial charge in [0.05, 0.1) is 17.9 Å². The number of anilines is 2. The number of hydrogen-bond donors (Lipinski definition) is 2. The number of likely N-dealkylation sites (tertiary alicyclic amines) is 1. The monoisotopic (exact) mass is 688 g/mol. The van der Waals surface area contributed by atoms with E-state index < -0.39 is 17.7 Å². The highest BCUT2D eigenvalue weighted by Gasteiger charge is 2.37. The number of benzene rings is 2. The average Bonchev–Trinajstić information content (AvgIpc) is 3.05. The van der Waals surface area contributed by atoms with Crippen LogP contribution in [0.4, 0.5) is 15.9 Å². The number of carboxylic acid groups (broad SMARTS) is 1. The normalized spacial score (nSPS) is 17.8. The highest BCUT2D eigenvalue weighted by molar-refractivity contribution is 5.92. The molecule has 1 atom stereocenters. The summed E-state index contributed by atoms with van der Waals surface area (Å²) in [6.45, 7) is 17.3. The van der Waals surface area contributed by atoms with Gasteiger partial charge >= 0.3 is 5.97 Å². The molecule has 5 rings (SSSR count). The predicted octanol–water partition coefficient (Wildman–Crippen LogP) is 8.53. The van der Waals surface area contributed by atoms with Crippen LogP contribution >= 0.6 is 0 Å². The van der Waals surface area contributed by atoms with Gasteiger partial charge in [-0.15, -0.1) is 0 Å². The van der Waals surface area contributed by atoms with E-state index in [9.17, 15) is 14.3 Å². The summed E-state index contributed by atoms with van der Waals surface area (Å²) < 4.78 is 25.8. The van der Waals surface area contributed by atoms with Gasteiger partial charge in [0, 0.05) is 42.9 Å². The number of rotatable bonds is 13. The van der Waals surface area contributed by atoms with Gasteiger partial charge in [-0.05, 0) is 127 Å². The molecule has 8 nitrogen and oxygen atoms in total. The molecule has 2 fully saturated rings. The molecule has 9 heteroatoms. The summed E-state index contributed by atoms with van der Waals surface area (Å²) in [7, 11) is 2.19. The van der Waals surface area contributed by atoms with Gasteiger partial charge in [-0.1, -0.05) is 38.1 Å². The summed E-state index contributed by atoms with van der Waals surface area (Å²) in [5.74, 6) is 0.885. The number of pyridine rings is 1. The average molecular weight is 689 g/mol. The number of ether oxygens (including phenoxy) is 2. The van der Waals surface area contributed by atoms with Crippen molar-refractivity contribution in [1.82, 2.24) is 9.88 Å². The Morgan fingerprint density at radius 3 is 2.28 bits per heavy atom. The molecule has 0 spiro atoms. The van der Waals surface area contributed by atoms with E-state index in [4.69, 9.17) is 14.5 Å². The number of halogens is 1. The number of carbonyl (C=O) groups is 1. The maximum Gasteiger partial charge on any atom is 0.337 e. The van der Waals surface area contributed by atoms with Crippen molar-refractivity contribution >= 4 is 17.5 Å². The van der Waals surface area contributed by atoms with Crippen LogP contribution in [0.1, 0.15) is 89.6 Å². The zero-order valence-electron chi connectivity index (χ0n) is 31.2. The number of aromatic nitrogens is 1. The van der Waals surface area contributed by atoms with Crippen LogP contribution in [0.2, 0.25) is 0 Å². The molecule has 2 aliphatic heterocycles. The first-order valence-electron chi connectivity index (χ1n) is 18.3. The summed E-state index contributed by atoms with van der Waals surface area (Å²) in [5, 5.41) is 14.4. The van der Waals surface area contributed by atoms with Gasteiger partial charge in [-0.2, -0.15) is 0 Å². The quantitative estimate of drug-likeness (QED) is 0.185. The van der Waals surface area contributed by atoms with Gasteiger partial charge in [0.2, 0.25) is 0 Å². The van der Waals surface area contributed by atoms with Crippen molar-refractivity contribution in [2.45, 2.75) is 91.8 Å². The highest BCUT2D eigenvalue weighted by Crippen LogP contribution is 2.46. The molecule has 2 saturated heterocycles. The fourth-order valence-electron chi connectivity index (χ4n) is 7.07. The Kier molecular flexibility index (Phi) is 12.1. The molecule has 0 amide bonds. The van der Waals surface area contributed by atoms with Crippen LogP contribution < -0.4 is 15.0 Å². The molecule has 3 heterocycles. The molecule has 2 aromatic carbocycles. The largest absolute Gasteiger partial charge is 0.493 e. The smallest absolute Gasteiger partial charge is 0.337 e. The van der Waals surface area contributed by atoms with E-state index in [0.717, 1.165) is 85.9 Å². The molecule has 0 aliphatic carbocycles. The molecule has 0 radical (unpaired) electrons. The zero-order chi connectivity index (χ0) is 36.1. The maximum atomic E-state index is 13.4. The van der Waals surface area contributed by atoms with Crippen molar-refractivity contribution in [2.24, 2.45) is 11.3 Å². The van der Waals surface area contributed by atoms with Crippen molar-refractivity contribution in [1.29, 1.82) is 0 Å². The standard InChI is InChI=1S/C41H57FN4O4/c1-28-34(37(39(47)48)50-40(2,3)4)36(46-25-20-41(5,6)21-26-46)35(38(44-28)43-22-16-30-17-23-45(7)24-18-30)31-10-14-33(15-11-31)49-27-19-29-8-12-32(42)13-9-29/h8-15,30,37H,16-27H2,1-7H3,(H,43,44)(H,47,48). The molecular formula is C41H57FN4O4. The SMILES string of the molecule is Cc1nc(NCCC2CCN(C)CC2)c(-c2ccc(OCCc3ccc(F)cc3)cc2)c(N2CCC(C)(C)CC2)c1C(OC(C)(C)C)C(=O)O. The fourth-order valence-corrected chi connectivity index (χ4v) is 7.07. The van der Waals surface area contributed by atoms with Crippen molar-refractivity contribution in [3.63, 3.8) is 0 Å². The van der Waals surface area contributed by atoms with E-state index in [-0.39, 0.29) is 11.2 Å². The molecule has 272 valence electrons. The second-order valence-corrected chi connectivity index (χ2v) is 16.0. The maximum absolute atomic E-state index is 13.4. The minimum atomic E-state index is -1.19. The van der Waals surface area contributed by atoms with E-state index >= 15 is 0 Å². The third kappa shape index (κ3) is 9.97.